The van der Waals surface area contributed by atoms with Gasteiger partial charge in [-0.2, -0.15) is 13.9 Å². The molecular weight excluding hydrogens is 447 g/mol. The zero-order valence-electron chi connectivity index (χ0n) is 19.8. The lowest BCUT2D eigenvalue weighted by molar-refractivity contribution is -0.384. The van der Waals surface area contributed by atoms with Crippen molar-refractivity contribution in [3.8, 4) is 11.1 Å². The summed E-state index contributed by atoms with van der Waals surface area (Å²) in [5, 5.41) is 11.7. The number of carbonyl (C=O) groups is 1. The van der Waals surface area contributed by atoms with Crippen LogP contribution >= 0.6 is 7.94 Å². The fraction of sp³-hybridized carbons (Fsp3) is 0.478. The number of non-ortho nitro benzene ring substituents is 1. The molecule has 0 saturated heterocycles. The average molecular weight is 479 g/mol. The van der Waals surface area contributed by atoms with Crippen LogP contribution < -0.4 is 5.30 Å². The molecule has 0 aliphatic carbocycles. The molecule has 0 radical (unpaired) electrons. The van der Waals surface area contributed by atoms with Gasteiger partial charge >= 0.3 is 13.9 Å². The van der Waals surface area contributed by atoms with Gasteiger partial charge in [0.1, 0.15) is 0 Å². The Morgan fingerprint density at radius 2 is 1.73 bits per heavy atom. The number of ether oxygens (including phenoxy) is 1. The highest BCUT2D eigenvalue weighted by molar-refractivity contribution is 7.69. The second kappa shape index (κ2) is 12.1. The van der Waals surface area contributed by atoms with Gasteiger partial charge in [0.15, 0.2) is 0 Å². The van der Waals surface area contributed by atoms with E-state index in [-0.39, 0.29) is 35.3 Å². The van der Waals surface area contributed by atoms with E-state index in [0.717, 1.165) is 12.8 Å². The molecule has 2 aromatic rings. The monoisotopic (exact) mass is 479 g/mol. The van der Waals surface area contributed by atoms with Crippen LogP contribution in [0.3, 0.4) is 0 Å². The molecule has 0 aliphatic heterocycles. The molecule has 10 heteroatoms. The molecule has 0 fully saturated rings. The Bertz CT molecular complexity index is 987. The molecule has 1 aromatic carbocycles. The lowest BCUT2D eigenvalue weighted by Crippen LogP contribution is -2.27. The minimum absolute atomic E-state index is 0.107. The Kier molecular flexibility index (Phi) is 9.86. The van der Waals surface area contributed by atoms with Crippen LogP contribution in [0.25, 0.3) is 11.1 Å². The Labute approximate surface area is 194 Å². The van der Waals surface area contributed by atoms with Crippen molar-refractivity contribution in [2.24, 2.45) is 0 Å². The molecule has 0 saturated carbocycles. The van der Waals surface area contributed by atoms with Crippen molar-refractivity contribution in [3.05, 3.63) is 51.3 Å². The SMILES string of the molecule is CCCCO[P+](O)(OCCCC)c1c(C)nc(C)c(C(=O)OC)c1-c1cccc([N+](=O)[O-])c1. The summed E-state index contributed by atoms with van der Waals surface area (Å²) in [4.78, 5) is 40.0. The Balaban J connectivity index is 2.87. The van der Waals surface area contributed by atoms with Crippen LogP contribution in [-0.2, 0) is 13.8 Å². The molecule has 0 spiro atoms. The van der Waals surface area contributed by atoms with Crippen molar-refractivity contribution >= 4 is 24.9 Å². The first-order valence-electron chi connectivity index (χ1n) is 11.0. The summed E-state index contributed by atoms with van der Waals surface area (Å²) in [6.45, 7) is 7.85. The number of pyridine rings is 1. The minimum atomic E-state index is -3.70. The van der Waals surface area contributed by atoms with Crippen molar-refractivity contribution in [1.29, 1.82) is 0 Å². The molecular formula is C23H32N2O7P+. The van der Waals surface area contributed by atoms with Gasteiger partial charge in [0.25, 0.3) is 5.69 Å². The zero-order valence-corrected chi connectivity index (χ0v) is 20.7. The number of aromatic nitrogens is 1. The van der Waals surface area contributed by atoms with E-state index in [4.69, 9.17) is 13.8 Å². The lowest BCUT2D eigenvalue weighted by Gasteiger charge is -2.23. The average Bonchev–Trinajstić information content (AvgIpc) is 2.78. The van der Waals surface area contributed by atoms with Gasteiger partial charge in [-0.3, -0.25) is 15.1 Å². The molecule has 0 amide bonds. The number of hydrogen-bond donors (Lipinski definition) is 1. The summed E-state index contributed by atoms with van der Waals surface area (Å²) in [5.41, 5.74) is 1.39. The number of aryl methyl sites for hydroxylation is 2. The molecule has 1 heterocycles. The zero-order chi connectivity index (χ0) is 24.6. The first-order chi connectivity index (χ1) is 15.7. The number of methoxy groups -OCH3 is 1. The first kappa shape index (κ1) is 26.8. The van der Waals surface area contributed by atoms with Crippen LogP contribution in [-0.4, -0.2) is 41.1 Å². The van der Waals surface area contributed by atoms with E-state index in [1.807, 2.05) is 13.8 Å². The summed E-state index contributed by atoms with van der Waals surface area (Å²) in [5.74, 6) is -0.670. The number of hydrogen-bond acceptors (Lipinski definition) is 8. The van der Waals surface area contributed by atoms with Crippen LogP contribution in [0.1, 0.15) is 61.3 Å². The van der Waals surface area contributed by atoms with Crippen molar-refractivity contribution in [2.75, 3.05) is 20.3 Å². The normalized spacial score (nSPS) is 11.5. The maximum Gasteiger partial charge on any atom is 0.448 e. The van der Waals surface area contributed by atoms with Crippen LogP contribution in [0.5, 0.6) is 0 Å². The number of carbonyl (C=O) groups excluding carboxylic acids is 1. The first-order valence-corrected chi connectivity index (χ1v) is 12.5. The van der Waals surface area contributed by atoms with Gasteiger partial charge in [-0.15, -0.1) is 0 Å². The lowest BCUT2D eigenvalue weighted by atomic mass is 9.97. The van der Waals surface area contributed by atoms with E-state index in [2.05, 4.69) is 4.98 Å². The number of nitrogens with zero attached hydrogens (tertiary/aromatic N) is 2. The Morgan fingerprint density at radius 3 is 2.24 bits per heavy atom. The van der Waals surface area contributed by atoms with Gasteiger partial charge in [0.05, 0.1) is 47.8 Å². The van der Waals surface area contributed by atoms with Crippen LogP contribution in [0.2, 0.25) is 0 Å². The van der Waals surface area contributed by atoms with Crippen molar-refractivity contribution in [1.82, 2.24) is 4.98 Å². The molecule has 0 aliphatic rings. The molecule has 2 rings (SSSR count). The molecule has 9 nitrogen and oxygen atoms in total. The third-order valence-electron chi connectivity index (χ3n) is 5.07. The Hall–Kier alpha value is -2.45. The topological polar surface area (TPSA) is 121 Å². The summed E-state index contributed by atoms with van der Waals surface area (Å²) in [6, 6.07) is 5.88. The van der Waals surface area contributed by atoms with Crippen molar-refractivity contribution in [2.45, 2.75) is 53.4 Å². The number of esters is 1. The second-order valence-electron chi connectivity index (χ2n) is 7.57. The van der Waals surface area contributed by atoms with Gasteiger partial charge in [-0.05, 0) is 32.3 Å². The van der Waals surface area contributed by atoms with Crippen LogP contribution in [0.15, 0.2) is 24.3 Å². The fourth-order valence-corrected chi connectivity index (χ4v) is 5.49. The van der Waals surface area contributed by atoms with Gasteiger partial charge < -0.3 is 4.74 Å². The van der Waals surface area contributed by atoms with E-state index in [1.165, 1.54) is 25.3 Å². The molecule has 0 bridgehead atoms. The number of unbranched alkanes of at least 4 members (excludes halogenated alkanes) is 2. The predicted molar refractivity (Wildman–Crippen MR) is 128 cm³/mol. The predicted octanol–water partition coefficient (Wildman–Crippen LogP) is 5.07. The number of nitro groups is 1. The van der Waals surface area contributed by atoms with Crippen LogP contribution in [0.4, 0.5) is 5.69 Å². The molecule has 33 heavy (non-hydrogen) atoms. The van der Waals surface area contributed by atoms with Crippen LogP contribution in [0, 0.1) is 24.0 Å². The molecule has 0 atom stereocenters. The highest BCUT2D eigenvalue weighted by Gasteiger charge is 2.50. The van der Waals surface area contributed by atoms with E-state index in [0.29, 0.717) is 29.8 Å². The largest absolute Gasteiger partial charge is 0.465 e. The van der Waals surface area contributed by atoms with Crippen molar-refractivity contribution in [3.63, 3.8) is 0 Å². The molecule has 0 unspecified atom stereocenters. The molecule has 1 aromatic heterocycles. The van der Waals surface area contributed by atoms with E-state index in [9.17, 15) is 19.8 Å². The summed E-state index contributed by atoms with van der Waals surface area (Å²) in [7, 11) is -2.45. The maximum absolute atomic E-state index is 12.8. The standard InChI is InChI=1S/C23H32N2O7P/c1-6-8-13-31-33(29,32-14-9-7-2)22-17(4)24-16(3)20(23(26)30-5)21(22)18-11-10-12-19(15-18)25(27)28/h10-12,15,29H,6-9,13-14H2,1-5H3/q+1. The van der Waals surface area contributed by atoms with Gasteiger partial charge in [0, 0.05) is 12.1 Å². The van der Waals surface area contributed by atoms with Gasteiger partial charge in [-0.1, -0.05) is 38.8 Å². The number of nitro benzene ring substituents is 1. The number of rotatable bonds is 12. The van der Waals surface area contributed by atoms with Gasteiger partial charge in [0.2, 0.25) is 5.30 Å². The second-order valence-corrected chi connectivity index (χ2v) is 9.58. The fourth-order valence-electron chi connectivity index (χ4n) is 3.43. The summed E-state index contributed by atoms with van der Waals surface area (Å²) in [6.07, 6.45) is 3.11. The number of benzene rings is 1. The smallest absolute Gasteiger partial charge is 0.448 e. The van der Waals surface area contributed by atoms with Gasteiger partial charge in [-0.25, -0.2) is 4.79 Å². The molecule has 1 N–H and O–H groups in total. The van der Waals surface area contributed by atoms with E-state index in [1.54, 1.807) is 19.9 Å². The molecule has 180 valence electrons. The summed E-state index contributed by atoms with van der Waals surface area (Å²) < 4.78 is 16.9. The third kappa shape index (κ3) is 6.32. The highest BCUT2D eigenvalue weighted by atomic mass is 31.2. The third-order valence-corrected chi connectivity index (χ3v) is 7.25. The van der Waals surface area contributed by atoms with E-state index < -0.39 is 18.8 Å². The maximum atomic E-state index is 12.8. The highest BCUT2D eigenvalue weighted by Crippen LogP contribution is 2.59. The van der Waals surface area contributed by atoms with E-state index >= 15 is 0 Å². The minimum Gasteiger partial charge on any atom is -0.465 e. The summed E-state index contributed by atoms with van der Waals surface area (Å²) >= 11 is 0. The quantitative estimate of drug-likeness (QED) is 0.147. The Morgan fingerprint density at radius 1 is 1.12 bits per heavy atom. The van der Waals surface area contributed by atoms with Crippen molar-refractivity contribution < 1.29 is 28.4 Å².